The van der Waals surface area contributed by atoms with Gasteiger partial charge in [0.25, 0.3) is 5.91 Å². The van der Waals surface area contributed by atoms with Gasteiger partial charge in [0.1, 0.15) is 17.1 Å². The smallest absolute Gasteiger partial charge is 0.256 e. The molecular formula is C29H29ClN6O3. The Hall–Kier alpha value is -4.21. The lowest BCUT2D eigenvalue weighted by molar-refractivity contribution is 0.0950. The molecule has 0 aliphatic carbocycles. The number of halogens is 1. The summed E-state index contributed by atoms with van der Waals surface area (Å²) < 4.78 is 5.25. The third-order valence-electron chi connectivity index (χ3n) is 6.68. The molecule has 10 heteroatoms. The fourth-order valence-electron chi connectivity index (χ4n) is 4.57. The molecule has 0 spiro atoms. The summed E-state index contributed by atoms with van der Waals surface area (Å²) in [6, 6.07) is 19.0. The highest BCUT2D eigenvalue weighted by atomic mass is 35.5. The van der Waals surface area contributed by atoms with Crippen LogP contribution in [0.15, 0.2) is 73.1 Å². The van der Waals surface area contributed by atoms with Gasteiger partial charge in [0.15, 0.2) is 0 Å². The summed E-state index contributed by atoms with van der Waals surface area (Å²) in [5, 5.41) is 16.8. The van der Waals surface area contributed by atoms with Crippen LogP contribution in [-0.2, 0) is 26.1 Å². The summed E-state index contributed by atoms with van der Waals surface area (Å²) in [5.74, 6) is 1.06. The van der Waals surface area contributed by atoms with Gasteiger partial charge in [-0.05, 0) is 47.4 Å². The minimum absolute atomic E-state index is 0.0445. The summed E-state index contributed by atoms with van der Waals surface area (Å²) in [4.78, 5) is 28.8. The van der Waals surface area contributed by atoms with Crippen LogP contribution in [0.3, 0.4) is 0 Å². The van der Waals surface area contributed by atoms with Crippen LogP contribution in [0.4, 0.5) is 11.8 Å². The Balaban J connectivity index is 1.43. The van der Waals surface area contributed by atoms with Gasteiger partial charge in [-0.15, -0.1) is 0 Å². The number of amides is 1. The molecule has 1 aliphatic heterocycles. The molecule has 0 saturated heterocycles. The zero-order chi connectivity index (χ0) is 27.2. The van der Waals surface area contributed by atoms with Crippen molar-refractivity contribution in [2.45, 2.75) is 32.1 Å². The molecule has 1 aliphatic rings. The predicted molar refractivity (Wildman–Crippen MR) is 150 cm³/mol. The number of carbonyl (C=O) groups excluding carboxylic acids is 1. The lowest BCUT2D eigenvalue weighted by Crippen LogP contribution is -2.44. The molecule has 0 fully saturated rings. The van der Waals surface area contributed by atoms with Crippen molar-refractivity contribution in [3.63, 3.8) is 0 Å². The molecule has 0 saturated carbocycles. The van der Waals surface area contributed by atoms with Crippen molar-refractivity contribution in [3.05, 3.63) is 106 Å². The highest BCUT2D eigenvalue weighted by Gasteiger charge is 2.28. The Kier molecular flexibility index (Phi) is 8.19. The first-order valence-electron chi connectivity index (χ1n) is 12.6. The molecule has 1 atom stereocenters. The average Bonchev–Trinajstić information content (AvgIpc) is 2.98. The molecule has 5 rings (SSSR count). The zero-order valence-corrected chi connectivity index (χ0v) is 22.2. The largest absolute Gasteiger partial charge is 0.495 e. The van der Waals surface area contributed by atoms with Gasteiger partial charge < -0.3 is 25.4 Å². The normalized spacial score (nSPS) is 14.4. The number of hydrogen-bond acceptors (Lipinski definition) is 8. The molecule has 1 amide bonds. The molecule has 0 radical (unpaired) electrons. The lowest BCUT2D eigenvalue weighted by atomic mass is 9.94. The lowest BCUT2D eigenvalue weighted by Gasteiger charge is -2.36. The van der Waals surface area contributed by atoms with E-state index in [1.807, 2.05) is 41.3 Å². The standard InChI is InChI=1S/C29H29ClN6O3/c1-39-26-10-9-19(12-25(26)30)14-32-27-24(28(38)33-15-22-8-4-5-11-31-22)16-34-29(35-27)36-17-21-7-3-2-6-20(21)13-23(36)18-37/h2-12,16,23,37H,13-15,17-18H2,1H3,(H,33,38)(H,32,34,35)/t23-/m0/s1. The van der Waals surface area contributed by atoms with Crippen LogP contribution in [0, 0.1) is 0 Å². The predicted octanol–water partition coefficient (Wildman–Crippen LogP) is 4.00. The van der Waals surface area contributed by atoms with E-state index >= 15 is 0 Å². The fraction of sp³-hybridized carbons (Fsp3) is 0.241. The summed E-state index contributed by atoms with van der Waals surface area (Å²) in [6.45, 7) is 1.15. The van der Waals surface area contributed by atoms with Crippen LogP contribution in [0.5, 0.6) is 5.75 Å². The Labute approximate surface area is 231 Å². The van der Waals surface area contributed by atoms with Crippen molar-refractivity contribution in [2.24, 2.45) is 0 Å². The van der Waals surface area contributed by atoms with Gasteiger partial charge in [0, 0.05) is 25.5 Å². The molecule has 9 nitrogen and oxygen atoms in total. The maximum absolute atomic E-state index is 13.2. The van der Waals surface area contributed by atoms with Gasteiger partial charge in [-0.3, -0.25) is 9.78 Å². The number of methoxy groups -OCH3 is 1. The first kappa shape index (κ1) is 26.4. The number of fused-ring (bicyclic) bond motifs is 1. The number of aromatic nitrogens is 3. The summed E-state index contributed by atoms with van der Waals surface area (Å²) in [6.07, 6.45) is 3.88. The highest BCUT2D eigenvalue weighted by molar-refractivity contribution is 6.32. The minimum atomic E-state index is -0.329. The van der Waals surface area contributed by atoms with Crippen molar-refractivity contribution in [1.29, 1.82) is 0 Å². The van der Waals surface area contributed by atoms with Gasteiger partial charge in [-0.1, -0.05) is 48.0 Å². The third kappa shape index (κ3) is 6.10. The second-order valence-corrected chi connectivity index (χ2v) is 9.60. The molecule has 2 aromatic carbocycles. The Morgan fingerprint density at radius 3 is 2.67 bits per heavy atom. The summed E-state index contributed by atoms with van der Waals surface area (Å²) in [5.41, 5.74) is 4.29. The zero-order valence-electron chi connectivity index (χ0n) is 21.5. The van der Waals surface area contributed by atoms with E-state index in [1.54, 1.807) is 25.4 Å². The monoisotopic (exact) mass is 544 g/mol. The maximum Gasteiger partial charge on any atom is 0.256 e. The fourth-order valence-corrected chi connectivity index (χ4v) is 4.85. The number of aliphatic hydroxyl groups excluding tert-OH is 1. The quantitative estimate of drug-likeness (QED) is 0.290. The number of rotatable bonds is 9. The van der Waals surface area contributed by atoms with E-state index in [1.165, 1.54) is 11.8 Å². The topological polar surface area (TPSA) is 113 Å². The third-order valence-corrected chi connectivity index (χ3v) is 6.97. The van der Waals surface area contributed by atoms with E-state index in [4.69, 9.17) is 21.3 Å². The molecule has 39 heavy (non-hydrogen) atoms. The Morgan fingerprint density at radius 1 is 1.10 bits per heavy atom. The van der Waals surface area contributed by atoms with Crippen LogP contribution >= 0.6 is 11.6 Å². The number of aliphatic hydroxyl groups is 1. The number of pyridine rings is 1. The van der Waals surface area contributed by atoms with Crippen molar-refractivity contribution in [2.75, 3.05) is 23.9 Å². The van der Waals surface area contributed by atoms with Crippen LogP contribution in [0.2, 0.25) is 5.02 Å². The SMILES string of the molecule is COc1ccc(CNc2nc(N3Cc4ccccc4C[C@H]3CO)ncc2C(=O)NCc2ccccn2)cc1Cl. The van der Waals surface area contributed by atoms with Crippen molar-refractivity contribution in [3.8, 4) is 5.75 Å². The van der Waals surface area contributed by atoms with Crippen LogP contribution < -0.4 is 20.3 Å². The highest BCUT2D eigenvalue weighted by Crippen LogP contribution is 2.29. The molecule has 200 valence electrons. The number of hydrogen-bond donors (Lipinski definition) is 3. The number of nitrogens with one attached hydrogen (secondary N) is 2. The molecular weight excluding hydrogens is 516 g/mol. The molecule has 0 unspecified atom stereocenters. The second kappa shape index (κ2) is 12.1. The van der Waals surface area contributed by atoms with Crippen molar-refractivity contribution < 1.29 is 14.6 Å². The molecule has 2 aromatic heterocycles. The van der Waals surface area contributed by atoms with E-state index in [0.717, 1.165) is 16.8 Å². The first-order chi connectivity index (χ1) is 19.1. The molecule has 3 heterocycles. The average molecular weight is 545 g/mol. The van der Waals surface area contributed by atoms with E-state index in [0.29, 0.717) is 47.6 Å². The Bertz CT molecular complexity index is 1450. The number of anilines is 2. The summed E-state index contributed by atoms with van der Waals surface area (Å²) in [7, 11) is 1.57. The molecule has 4 aromatic rings. The van der Waals surface area contributed by atoms with Gasteiger partial charge >= 0.3 is 0 Å². The van der Waals surface area contributed by atoms with E-state index in [2.05, 4.69) is 32.7 Å². The number of nitrogens with zero attached hydrogens (tertiary/aromatic N) is 4. The van der Waals surface area contributed by atoms with Gasteiger partial charge in [0.2, 0.25) is 5.95 Å². The second-order valence-electron chi connectivity index (χ2n) is 9.20. The number of carbonyl (C=O) groups is 1. The minimum Gasteiger partial charge on any atom is -0.495 e. The molecule has 0 bridgehead atoms. The van der Waals surface area contributed by atoms with E-state index < -0.39 is 0 Å². The molecule has 3 N–H and O–H groups in total. The van der Waals surface area contributed by atoms with Crippen molar-refractivity contribution in [1.82, 2.24) is 20.3 Å². The van der Waals surface area contributed by atoms with E-state index in [9.17, 15) is 9.90 Å². The maximum atomic E-state index is 13.2. The first-order valence-corrected chi connectivity index (χ1v) is 13.0. The van der Waals surface area contributed by atoms with Crippen LogP contribution in [0.1, 0.15) is 32.7 Å². The van der Waals surface area contributed by atoms with Gasteiger partial charge in [-0.2, -0.15) is 4.98 Å². The van der Waals surface area contributed by atoms with Gasteiger partial charge in [-0.25, -0.2) is 4.98 Å². The van der Waals surface area contributed by atoms with E-state index in [-0.39, 0.29) is 25.1 Å². The van der Waals surface area contributed by atoms with Crippen molar-refractivity contribution >= 4 is 29.3 Å². The number of ether oxygens (including phenoxy) is 1. The Morgan fingerprint density at radius 2 is 1.92 bits per heavy atom. The van der Waals surface area contributed by atoms with Crippen LogP contribution in [-0.4, -0.2) is 45.7 Å². The van der Waals surface area contributed by atoms with Crippen LogP contribution in [0.25, 0.3) is 0 Å². The van der Waals surface area contributed by atoms with Gasteiger partial charge in [0.05, 0.1) is 37.0 Å². The number of benzene rings is 2. The summed E-state index contributed by atoms with van der Waals surface area (Å²) >= 11 is 6.31.